The zero-order valence-electron chi connectivity index (χ0n) is 17.6. The Hall–Kier alpha value is -0.600. The highest BCUT2D eigenvalue weighted by atomic mass is 16.7. The van der Waals surface area contributed by atoms with Crippen molar-refractivity contribution in [3.8, 4) is 0 Å². The lowest BCUT2D eigenvalue weighted by Gasteiger charge is -2.47. The fourth-order valence-corrected chi connectivity index (χ4v) is 4.02. The van der Waals surface area contributed by atoms with Crippen LogP contribution in [-0.2, 0) is 23.7 Å². The molecule has 0 amide bonds. The highest BCUT2D eigenvalue weighted by Gasteiger charge is 2.52. The molecule has 3 rings (SSSR count). The van der Waals surface area contributed by atoms with E-state index in [9.17, 15) is 51.1 Å². The molecule has 10 N–H and O–H groups in total. The summed E-state index contributed by atoms with van der Waals surface area (Å²) in [5.74, 6) is 0. The number of aliphatic hydroxyl groups is 10. The minimum absolute atomic E-state index is 0.695. The second-order valence-electron chi connectivity index (χ2n) is 8.32. The van der Waals surface area contributed by atoms with Crippen molar-refractivity contribution in [3.63, 3.8) is 0 Å². The fraction of sp³-hybridized carbons (Fsp3) is 1.00. The van der Waals surface area contributed by atoms with Gasteiger partial charge < -0.3 is 74.7 Å². The monoisotopic (exact) mass is 488 g/mol. The van der Waals surface area contributed by atoms with Crippen molar-refractivity contribution in [2.75, 3.05) is 13.2 Å². The Morgan fingerprint density at radius 1 is 0.545 bits per heavy atom. The van der Waals surface area contributed by atoms with Crippen molar-refractivity contribution in [2.24, 2.45) is 0 Å². The zero-order chi connectivity index (χ0) is 24.6. The van der Waals surface area contributed by atoms with Gasteiger partial charge in [-0.3, -0.25) is 0 Å². The van der Waals surface area contributed by atoms with Gasteiger partial charge in [-0.2, -0.15) is 0 Å². The van der Waals surface area contributed by atoms with Crippen LogP contribution in [0.5, 0.6) is 0 Å². The number of hydrogen-bond acceptors (Lipinski definition) is 15. The van der Waals surface area contributed by atoms with Gasteiger partial charge in [0, 0.05) is 0 Å². The predicted molar refractivity (Wildman–Crippen MR) is 99.8 cm³/mol. The Morgan fingerprint density at radius 3 is 1.67 bits per heavy atom. The van der Waals surface area contributed by atoms with Crippen molar-refractivity contribution in [3.05, 3.63) is 0 Å². The molecule has 1 unspecified atom stereocenters. The lowest BCUT2D eigenvalue weighted by molar-refractivity contribution is -0.374. The molecule has 0 aromatic carbocycles. The number of aliphatic hydroxyl groups excluding tert-OH is 10. The zero-order valence-corrected chi connectivity index (χ0v) is 17.6. The van der Waals surface area contributed by atoms with Crippen LogP contribution in [-0.4, -0.2) is 156 Å². The van der Waals surface area contributed by atoms with Gasteiger partial charge in [0.15, 0.2) is 18.9 Å². The smallest absolute Gasteiger partial charge is 0.187 e. The van der Waals surface area contributed by atoms with Gasteiger partial charge >= 0.3 is 0 Å². The van der Waals surface area contributed by atoms with Gasteiger partial charge in [0.1, 0.15) is 67.1 Å². The van der Waals surface area contributed by atoms with Crippen LogP contribution in [0.1, 0.15) is 6.92 Å². The standard InChI is InChI=1S/C18H32O15/c1-4-14(32-18-11(25)9(23)7(21)5(2-19)31-18)10(24)12(26)17(29-4)33-15-8(22)6(3-20)30-16(28)13(15)27/h4-28H,2-3H2,1H3/t4-,5+,6+,7+,8-,9-,10-,11-,12+,13+,14-,15-,16?,17-,18+/m0/s1. The molecule has 0 spiro atoms. The van der Waals surface area contributed by atoms with E-state index in [0.29, 0.717) is 0 Å². The van der Waals surface area contributed by atoms with Gasteiger partial charge in [0.2, 0.25) is 0 Å². The van der Waals surface area contributed by atoms with Crippen LogP contribution >= 0.6 is 0 Å². The quantitative estimate of drug-likeness (QED) is 0.167. The lowest BCUT2D eigenvalue weighted by Crippen LogP contribution is -2.65. The maximum Gasteiger partial charge on any atom is 0.187 e. The van der Waals surface area contributed by atoms with E-state index < -0.39 is 105 Å². The molecule has 0 aliphatic carbocycles. The first-order chi connectivity index (χ1) is 15.5. The molecule has 3 fully saturated rings. The Balaban J connectivity index is 1.67. The molecule has 3 saturated heterocycles. The van der Waals surface area contributed by atoms with Crippen molar-refractivity contribution < 1.29 is 74.7 Å². The van der Waals surface area contributed by atoms with E-state index >= 15 is 0 Å². The average molecular weight is 488 g/mol. The molecule has 194 valence electrons. The maximum absolute atomic E-state index is 10.6. The minimum atomic E-state index is -1.82. The van der Waals surface area contributed by atoms with Crippen LogP contribution in [0.2, 0.25) is 0 Å². The Labute approximate surface area is 187 Å². The second-order valence-corrected chi connectivity index (χ2v) is 8.32. The number of ether oxygens (including phenoxy) is 5. The normalized spacial score (nSPS) is 53.7. The summed E-state index contributed by atoms with van der Waals surface area (Å²) in [5.41, 5.74) is 0. The molecule has 3 heterocycles. The fourth-order valence-electron chi connectivity index (χ4n) is 4.02. The molecule has 3 aliphatic rings. The van der Waals surface area contributed by atoms with Crippen LogP contribution in [0.4, 0.5) is 0 Å². The number of rotatable bonds is 6. The molecular formula is C18H32O15. The van der Waals surface area contributed by atoms with E-state index in [-0.39, 0.29) is 0 Å². The first-order valence-corrected chi connectivity index (χ1v) is 10.4. The summed E-state index contributed by atoms with van der Waals surface area (Å²) in [5, 5.41) is 99.5. The van der Waals surface area contributed by atoms with Gasteiger partial charge in [-0.15, -0.1) is 0 Å². The van der Waals surface area contributed by atoms with Gasteiger partial charge in [-0.05, 0) is 6.92 Å². The highest BCUT2D eigenvalue weighted by Crippen LogP contribution is 2.31. The molecule has 0 bridgehead atoms. The van der Waals surface area contributed by atoms with Crippen LogP contribution in [0.25, 0.3) is 0 Å². The minimum Gasteiger partial charge on any atom is -0.394 e. The van der Waals surface area contributed by atoms with E-state index in [1.165, 1.54) is 6.92 Å². The van der Waals surface area contributed by atoms with Crippen molar-refractivity contribution in [1.82, 2.24) is 0 Å². The average Bonchev–Trinajstić information content (AvgIpc) is 2.79. The lowest BCUT2D eigenvalue weighted by atomic mass is 9.96. The third-order valence-corrected chi connectivity index (χ3v) is 6.05. The van der Waals surface area contributed by atoms with E-state index in [0.717, 1.165) is 0 Å². The Morgan fingerprint density at radius 2 is 1.06 bits per heavy atom. The van der Waals surface area contributed by atoms with E-state index in [1.807, 2.05) is 0 Å². The van der Waals surface area contributed by atoms with Crippen LogP contribution in [0.15, 0.2) is 0 Å². The third-order valence-electron chi connectivity index (χ3n) is 6.05. The van der Waals surface area contributed by atoms with E-state index in [2.05, 4.69) is 0 Å². The van der Waals surface area contributed by atoms with Gasteiger partial charge in [0.25, 0.3) is 0 Å². The molecule has 3 aliphatic heterocycles. The Kier molecular flexibility index (Phi) is 8.99. The van der Waals surface area contributed by atoms with Gasteiger partial charge in [-0.1, -0.05) is 0 Å². The molecule has 0 aromatic rings. The van der Waals surface area contributed by atoms with Crippen molar-refractivity contribution >= 4 is 0 Å². The summed E-state index contributed by atoms with van der Waals surface area (Å²) < 4.78 is 26.5. The molecule has 15 heteroatoms. The second kappa shape index (κ2) is 11.0. The topological polar surface area (TPSA) is 248 Å². The largest absolute Gasteiger partial charge is 0.394 e. The summed E-state index contributed by atoms with van der Waals surface area (Å²) in [6.07, 6.45) is -23.5. The molecule has 0 aromatic heterocycles. The van der Waals surface area contributed by atoms with Gasteiger partial charge in [-0.25, -0.2) is 0 Å². The molecule has 0 radical (unpaired) electrons. The summed E-state index contributed by atoms with van der Waals surface area (Å²) in [7, 11) is 0. The van der Waals surface area contributed by atoms with E-state index in [4.69, 9.17) is 23.7 Å². The first-order valence-electron chi connectivity index (χ1n) is 10.4. The number of hydrogen-bond donors (Lipinski definition) is 10. The molecule has 15 nitrogen and oxygen atoms in total. The van der Waals surface area contributed by atoms with Crippen LogP contribution < -0.4 is 0 Å². The summed E-state index contributed by atoms with van der Waals surface area (Å²) in [6, 6.07) is 0. The summed E-state index contributed by atoms with van der Waals surface area (Å²) in [4.78, 5) is 0. The van der Waals surface area contributed by atoms with Gasteiger partial charge in [0.05, 0.1) is 19.3 Å². The predicted octanol–water partition coefficient (Wildman–Crippen LogP) is -6.55. The SMILES string of the molecule is C[C@@H]1O[C@@H](O[C@H]2[C@@H](O)[C@@H](CO)OC(O)[C@@H]2O)[C@H](O)[C@H](O)[C@H]1O[C@H]1O[C@H](CO)[C@@H](O)[C@H](O)[C@@H]1O. The maximum atomic E-state index is 10.6. The summed E-state index contributed by atoms with van der Waals surface area (Å²) >= 11 is 0. The molecule has 15 atom stereocenters. The van der Waals surface area contributed by atoms with Crippen molar-refractivity contribution in [2.45, 2.75) is 99.0 Å². The molecule has 33 heavy (non-hydrogen) atoms. The molecule has 0 saturated carbocycles. The van der Waals surface area contributed by atoms with Crippen LogP contribution in [0, 0.1) is 0 Å². The highest BCUT2D eigenvalue weighted by molar-refractivity contribution is 4.95. The van der Waals surface area contributed by atoms with E-state index in [1.54, 1.807) is 0 Å². The first kappa shape index (κ1) is 27.0. The molecular weight excluding hydrogens is 456 g/mol. The Bertz CT molecular complexity index is 624. The third kappa shape index (κ3) is 5.32. The summed E-state index contributed by atoms with van der Waals surface area (Å²) in [6.45, 7) is 0.00827. The van der Waals surface area contributed by atoms with Crippen molar-refractivity contribution in [1.29, 1.82) is 0 Å². The van der Waals surface area contributed by atoms with Crippen LogP contribution in [0.3, 0.4) is 0 Å².